The smallest absolute Gasteiger partial charge is 0.250 e. The van der Waals surface area contributed by atoms with Crippen molar-refractivity contribution in [1.29, 1.82) is 0 Å². The van der Waals surface area contributed by atoms with E-state index in [9.17, 15) is 14.4 Å². The lowest BCUT2D eigenvalue weighted by Gasteiger charge is -2.32. The normalized spacial score (nSPS) is 17.0. The molecule has 0 bridgehead atoms. The van der Waals surface area contributed by atoms with Gasteiger partial charge in [0.2, 0.25) is 11.8 Å². The third-order valence-electron chi connectivity index (χ3n) is 4.27. The number of nitrogens with one attached hydrogen (secondary N) is 1. The van der Waals surface area contributed by atoms with Crippen molar-refractivity contribution >= 4 is 23.4 Å². The minimum atomic E-state index is -0.636. The lowest BCUT2D eigenvalue weighted by atomic mass is 9.96. The van der Waals surface area contributed by atoms with Crippen molar-refractivity contribution in [1.82, 2.24) is 4.90 Å². The number of nitrogens with zero attached hydrogens (tertiary/aromatic N) is 1. The quantitative estimate of drug-likeness (QED) is 0.819. The molecule has 0 saturated carbocycles. The number of carbonyl (C=O) groups excluding carboxylic acids is 3. The fourth-order valence-electron chi connectivity index (χ4n) is 2.97. The lowest BCUT2D eigenvalue weighted by Crippen LogP contribution is -2.43. The molecule has 1 fully saturated rings. The Bertz CT molecular complexity index is 660. The monoisotopic (exact) mass is 347 g/mol. The first kappa shape index (κ1) is 18.8. The highest BCUT2D eigenvalue weighted by Gasteiger charge is 2.28. The van der Waals surface area contributed by atoms with E-state index in [2.05, 4.69) is 5.32 Å². The summed E-state index contributed by atoms with van der Waals surface area (Å²) in [6.07, 6.45) is 1.93. The Morgan fingerprint density at radius 1 is 1.32 bits per heavy atom. The second-order valence-corrected chi connectivity index (χ2v) is 6.03. The van der Waals surface area contributed by atoms with Gasteiger partial charge in [-0.25, -0.2) is 0 Å². The molecule has 0 aliphatic carbocycles. The van der Waals surface area contributed by atoms with Gasteiger partial charge in [-0.05, 0) is 38.0 Å². The summed E-state index contributed by atoms with van der Waals surface area (Å²) in [6, 6.07) is 4.81. The highest BCUT2D eigenvalue weighted by molar-refractivity contribution is 6.04. The molecule has 3 amide bonds. The SMILES string of the molecule is CCOc1ccc(NC(=O)[C@@H]2CCCN(C(=O)CC)C2)c(C(N)=O)c1. The number of benzene rings is 1. The minimum absolute atomic E-state index is 0.0522. The number of likely N-dealkylation sites (tertiary alicyclic amines) is 1. The van der Waals surface area contributed by atoms with E-state index in [0.717, 1.165) is 6.42 Å². The Kier molecular flexibility index (Phi) is 6.38. The first-order valence-electron chi connectivity index (χ1n) is 8.61. The van der Waals surface area contributed by atoms with Crippen molar-refractivity contribution in [2.24, 2.45) is 11.7 Å². The maximum atomic E-state index is 12.6. The second-order valence-electron chi connectivity index (χ2n) is 6.03. The Morgan fingerprint density at radius 3 is 2.72 bits per heavy atom. The molecule has 3 N–H and O–H groups in total. The van der Waals surface area contributed by atoms with Gasteiger partial charge in [0.15, 0.2) is 0 Å². The zero-order valence-corrected chi connectivity index (χ0v) is 14.7. The molecule has 1 heterocycles. The van der Waals surface area contributed by atoms with Crippen LogP contribution < -0.4 is 15.8 Å². The van der Waals surface area contributed by atoms with Crippen molar-refractivity contribution in [2.75, 3.05) is 25.0 Å². The van der Waals surface area contributed by atoms with E-state index in [1.54, 1.807) is 17.0 Å². The van der Waals surface area contributed by atoms with E-state index in [1.165, 1.54) is 6.07 Å². The van der Waals surface area contributed by atoms with E-state index in [-0.39, 0.29) is 23.3 Å². The minimum Gasteiger partial charge on any atom is -0.494 e. The van der Waals surface area contributed by atoms with E-state index in [1.807, 2.05) is 13.8 Å². The van der Waals surface area contributed by atoms with Crippen LogP contribution in [0.2, 0.25) is 0 Å². The molecule has 7 heteroatoms. The van der Waals surface area contributed by atoms with Crippen LogP contribution in [0.3, 0.4) is 0 Å². The Morgan fingerprint density at radius 2 is 2.08 bits per heavy atom. The fraction of sp³-hybridized carbons (Fsp3) is 0.500. The largest absolute Gasteiger partial charge is 0.494 e. The molecule has 1 saturated heterocycles. The Labute approximate surface area is 147 Å². The van der Waals surface area contributed by atoms with Crippen LogP contribution in [0.4, 0.5) is 5.69 Å². The molecular formula is C18H25N3O4. The van der Waals surface area contributed by atoms with Gasteiger partial charge < -0.3 is 20.7 Å². The molecule has 0 spiro atoms. The highest BCUT2D eigenvalue weighted by atomic mass is 16.5. The van der Waals surface area contributed by atoms with E-state index in [0.29, 0.717) is 44.0 Å². The van der Waals surface area contributed by atoms with Crippen LogP contribution in [0.1, 0.15) is 43.5 Å². The highest BCUT2D eigenvalue weighted by Crippen LogP contribution is 2.24. The summed E-state index contributed by atoms with van der Waals surface area (Å²) in [4.78, 5) is 37.8. The molecule has 0 radical (unpaired) electrons. The molecule has 7 nitrogen and oxygen atoms in total. The number of nitrogens with two attached hydrogens (primary N) is 1. The summed E-state index contributed by atoms with van der Waals surface area (Å²) < 4.78 is 5.36. The van der Waals surface area contributed by atoms with Gasteiger partial charge in [-0.15, -0.1) is 0 Å². The molecule has 136 valence electrons. The van der Waals surface area contributed by atoms with E-state index >= 15 is 0 Å². The van der Waals surface area contributed by atoms with Crippen molar-refractivity contribution < 1.29 is 19.1 Å². The topological polar surface area (TPSA) is 102 Å². The van der Waals surface area contributed by atoms with Crippen LogP contribution in [-0.2, 0) is 9.59 Å². The van der Waals surface area contributed by atoms with Gasteiger partial charge in [0, 0.05) is 19.5 Å². The summed E-state index contributed by atoms with van der Waals surface area (Å²) in [6.45, 7) is 5.21. The van der Waals surface area contributed by atoms with Gasteiger partial charge in [0.25, 0.3) is 5.91 Å². The predicted molar refractivity (Wildman–Crippen MR) is 94.4 cm³/mol. The zero-order valence-electron chi connectivity index (χ0n) is 14.7. The van der Waals surface area contributed by atoms with Crippen LogP contribution in [-0.4, -0.2) is 42.3 Å². The third kappa shape index (κ3) is 4.71. The molecule has 1 atom stereocenters. The van der Waals surface area contributed by atoms with Crippen molar-refractivity contribution in [3.05, 3.63) is 23.8 Å². The Balaban J connectivity index is 2.11. The molecule has 0 aromatic heterocycles. The summed E-state index contributed by atoms with van der Waals surface area (Å²) in [5, 5.41) is 2.78. The Hall–Kier alpha value is -2.57. The average molecular weight is 347 g/mol. The lowest BCUT2D eigenvalue weighted by molar-refractivity contribution is -0.134. The number of ether oxygens (including phenoxy) is 1. The number of carbonyl (C=O) groups is 3. The molecule has 1 aliphatic rings. The predicted octanol–water partition coefficient (Wildman–Crippen LogP) is 1.77. The van der Waals surface area contributed by atoms with E-state index in [4.69, 9.17) is 10.5 Å². The molecule has 25 heavy (non-hydrogen) atoms. The van der Waals surface area contributed by atoms with Crippen molar-refractivity contribution in [2.45, 2.75) is 33.1 Å². The molecular weight excluding hydrogens is 322 g/mol. The van der Waals surface area contributed by atoms with E-state index < -0.39 is 5.91 Å². The second kappa shape index (κ2) is 8.50. The number of rotatable bonds is 6. The number of amides is 3. The molecule has 1 aromatic carbocycles. The van der Waals surface area contributed by atoms with Gasteiger partial charge in [-0.2, -0.15) is 0 Å². The zero-order chi connectivity index (χ0) is 18.4. The molecule has 2 rings (SSSR count). The van der Waals surface area contributed by atoms with Crippen LogP contribution in [0.25, 0.3) is 0 Å². The number of primary amides is 1. The van der Waals surface area contributed by atoms with Crippen LogP contribution in [0.15, 0.2) is 18.2 Å². The number of hydrogen-bond acceptors (Lipinski definition) is 4. The third-order valence-corrected chi connectivity index (χ3v) is 4.27. The van der Waals surface area contributed by atoms with Gasteiger partial charge in [-0.3, -0.25) is 14.4 Å². The van der Waals surface area contributed by atoms with Gasteiger partial charge in [0.05, 0.1) is 23.8 Å². The fourth-order valence-corrected chi connectivity index (χ4v) is 2.97. The first-order valence-corrected chi connectivity index (χ1v) is 8.61. The maximum absolute atomic E-state index is 12.6. The molecule has 1 aliphatic heterocycles. The van der Waals surface area contributed by atoms with Crippen LogP contribution in [0.5, 0.6) is 5.75 Å². The first-order chi connectivity index (χ1) is 12.0. The van der Waals surface area contributed by atoms with Crippen LogP contribution in [0, 0.1) is 5.92 Å². The summed E-state index contributed by atoms with van der Waals surface area (Å²) in [5.41, 5.74) is 5.98. The number of hydrogen-bond donors (Lipinski definition) is 2. The number of piperidine rings is 1. The average Bonchev–Trinajstić information content (AvgIpc) is 2.62. The maximum Gasteiger partial charge on any atom is 0.250 e. The van der Waals surface area contributed by atoms with Crippen LogP contribution >= 0.6 is 0 Å². The van der Waals surface area contributed by atoms with Crippen molar-refractivity contribution in [3.63, 3.8) is 0 Å². The van der Waals surface area contributed by atoms with Gasteiger partial charge in [0.1, 0.15) is 5.75 Å². The number of anilines is 1. The van der Waals surface area contributed by atoms with Gasteiger partial charge in [-0.1, -0.05) is 6.92 Å². The standard InChI is InChI=1S/C18H25N3O4/c1-3-16(22)21-9-5-6-12(11-21)18(24)20-15-8-7-13(25-4-2)10-14(15)17(19)23/h7-8,10,12H,3-6,9,11H2,1-2H3,(H2,19,23)(H,20,24)/t12-/m1/s1. The summed E-state index contributed by atoms with van der Waals surface area (Å²) in [7, 11) is 0. The summed E-state index contributed by atoms with van der Waals surface area (Å²) >= 11 is 0. The summed E-state index contributed by atoms with van der Waals surface area (Å²) in [5.74, 6) is -0.567. The van der Waals surface area contributed by atoms with Gasteiger partial charge >= 0.3 is 0 Å². The van der Waals surface area contributed by atoms with Crippen molar-refractivity contribution in [3.8, 4) is 5.75 Å². The molecule has 1 aromatic rings. The molecule has 0 unspecified atom stereocenters.